The molecule has 3 aromatic rings. The molecule has 0 saturated heterocycles. The highest BCUT2D eigenvalue weighted by Gasteiger charge is 2.18. The minimum Gasteiger partial charge on any atom is -0.377 e. The van der Waals surface area contributed by atoms with Crippen LogP contribution in [0.25, 0.3) is 5.69 Å². The zero-order valence-electron chi connectivity index (χ0n) is 14.2. The standard InChI is InChI=1S/C17H16N6O3/c1-21(2)16-8-7-14(23(25)26)9-15(16)17(24)20-12-3-5-13(6-4-12)22-11-18-10-19-22/h3-11H,1-2H3,(H,20,24). The number of hydrogen-bond acceptors (Lipinski definition) is 6. The summed E-state index contributed by atoms with van der Waals surface area (Å²) in [6, 6.07) is 11.2. The van der Waals surface area contributed by atoms with E-state index in [0.29, 0.717) is 11.4 Å². The zero-order chi connectivity index (χ0) is 18.7. The maximum Gasteiger partial charge on any atom is 0.270 e. The van der Waals surface area contributed by atoms with Crippen LogP contribution in [0.15, 0.2) is 55.1 Å². The van der Waals surface area contributed by atoms with Gasteiger partial charge in [-0.05, 0) is 30.3 Å². The van der Waals surface area contributed by atoms with Crippen LogP contribution in [-0.4, -0.2) is 39.7 Å². The lowest BCUT2D eigenvalue weighted by Gasteiger charge is -2.17. The van der Waals surface area contributed by atoms with Gasteiger partial charge in [-0.2, -0.15) is 5.10 Å². The van der Waals surface area contributed by atoms with E-state index in [2.05, 4.69) is 15.4 Å². The summed E-state index contributed by atoms with van der Waals surface area (Å²) in [6.07, 6.45) is 3.00. The second kappa shape index (κ2) is 7.01. The van der Waals surface area contributed by atoms with Gasteiger partial charge in [0.25, 0.3) is 11.6 Å². The summed E-state index contributed by atoms with van der Waals surface area (Å²) < 4.78 is 1.59. The minimum atomic E-state index is -0.525. The summed E-state index contributed by atoms with van der Waals surface area (Å²) in [5.41, 5.74) is 2.04. The zero-order valence-corrected chi connectivity index (χ0v) is 14.2. The third kappa shape index (κ3) is 3.51. The van der Waals surface area contributed by atoms with Crippen LogP contribution in [0.5, 0.6) is 0 Å². The van der Waals surface area contributed by atoms with E-state index in [0.717, 1.165) is 5.69 Å². The predicted molar refractivity (Wildman–Crippen MR) is 96.7 cm³/mol. The van der Waals surface area contributed by atoms with Crippen LogP contribution < -0.4 is 10.2 Å². The molecule has 1 N–H and O–H groups in total. The predicted octanol–water partition coefficient (Wildman–Crippen LogP) is 2.49. The van der Waals surface area contributed by atoms with E-state index in [1.54, 1.807) is 60.3 Å². The fourth-order valence-corrected chi connectivity index (χ4v) is 2.45. The van der Waals surface area contributed by atoms with Gasteiger partial charge in [-0.3, -0.25) is 14.9 Å². The summed E-state index contributed by atoms with van der Waals surface area (Å²) in [4.78, 5) is 28.7. The Balaban J connectivity index is 1.85. The average molecular weight is 352 g/mol. The van der Waals surface area contributed by atoms with Gasteiger partial charge in [-0.25, -0.2) is 9.67 Å². The fourth-order valence-electron chi connectivity index (χ4n) is 2.45. The van der Waals surface area contributed by atoms with Crippen molar-refractivity contribution < 1.29 is 9.72 Å². The number of nitrogens with one attached hydrogen (secondary N) is 1. The van der Waals surface area contributed by atoms with Crippen LogP contribution >= 0.6 is 0 Å². The fraction of sp³-hybridized carbons (Fsp3) is 0.118. The second-order valence-corrected chi connectivity index (χ2v) is 5.69. The molecule has 0 aliphatic heterocycles. The van der Waals surface area contributed by atoms with E-state index in [4.69, 9.17) is 0 Å². The van der Waals surface area contributed by atoms with Crippen LogP contribution in [0.3, 0.4) is 0 Å². The summed E-state index contributed by atoms with van der Waals surface area (Å²) >= 11 is 0. The van der Waals surface area contributed by atoms with Gasteiger partial charge in [0.05, 0.1) is 16.2 Å². The van der Waals surface area contributed by atoms with Crippen molar-refractivity contribution in [2.45, 2.75) is 0 Å². The molecule has 0 saturated carbocycles. The highest BCUT2D eigenvalue weighted by atomic mass is 16.6. The summed E-state index contributed by atoms with van der Waals surface area (Å²) in [5, 5.41) is 17.8. The van der Waals surface area contributed by atoms with Crippen molar-refractivity contribution in [2.24, 2.45) is 0 Å². The van der Waals surface area contributed by atoms with Gasteiger partial charge >= 0.3 is 0 Å². The Labute approximate surface area is 149 Å². The molecule has 0 aliphatic rings. The molecule has 9 nitrogen and oxygen atoms in total. The molecule has 0 atom stereocenters. The monoisotopic (exact) mass is 352 g/mol. The number of aromatic nitrogens is 3. The van der Waals surface area contributed by atoms with Gasteiger partial charge in [0.15, 0.2) is 0 Å². The third-order valence-corrected chi connectivity index (χ3v) is 3.73. The lowest BCUT2D eigenvalue weighted by molar-refractivity contribution is -0.384. The van der Waals surface area contributed by atoms with Crippen molar-refractivity contribution in [3.05, 3.63) is 70.8 Å². The number of nitro benzene ring substituents is 1. The van der Waals surface area contributed by atoms with Gasteiger partial charge in [-0.1, -0.05) is 0 Å². The van der Waals surface area contributed by atoms with Crippen LogP contribution in [0.4, 0.5) is 17.1 Å². The molecule has 0 aliphatic carbocycles. The first-order valence-corrected chi connectivity index (χ1v) is 7.68. The molecule has 3 rings (SSSR count). The second-order valence-electron chi connectivity index (χ2n) is 5.69. The van der Waals surface area contributed by atoms with E-state index in [1.165, 1.54) is 18.5 Å². The SMILES string of the molecule is CN(C)c1ccc([N+](=O)[O-])cc1C(=O)Nc1ccc(-n2cncn2)cc1. The molecule has 0 radical (unpaired) electrons. The largest absolute Gasteiger partial charge is 0.377 e. The van der Waals surface area contributed by atoms with E-state index in [1.807, 2.05) is 0 Å². The Morgan fingerprint density at radius 2 is 1.92 bits per heavy atom. The number of hydrogen-bond donors (Lipinski definition) is 1. The van der Waals surface area contributed by atoms with Gasteiger partial charge in [0.1, 0.15) is 12.7 Å². The molecule has 0 unspecified atom stereocenters. The number of nitro groups is 1. The Bertz CT molecular complexity index is 936. The van der Waals surface area contributed by atoms with Gasteiger partial charge in [-0.15, -0.1) is 0 Å². The number of rotatable bonds is 5. The third-order valence-electron chi connectivity index (χ3n) is 3.73. The van der Waals surface area contributed by atoms with E-state index < -0.39 is 10.8 Å². The van der Waals surface area contributed by atoms with E-state index >= 15 is 0 Å². The molecule has 1 aromatic heterocycles. The van der Waals surface area contributed by atoms with Crippen LogP contribution in [0, 0.1) is 10.1 Å². The first-order chi connectivity index (χ1) is 12.5. The summed E-state index contributed by atoms with van der Waals surface area (Å²) in [7, 11) is 3.54. The number of nitrogens with zero attached hydrogens (tertiary/aromatic N) is 5. The molecule has 0 bridgehead atoms. The van der Waals surface area contributed by atoms with Gasteiger partial charge < -0.3 is 10.2 Å². The van der Waals surface area contributed by atoms with Crippen LogP contribution in [-0.2, 0) is 0 Å². The van der Waals surface area contributed by atoms with Crippen molar-refractivity contribution in [1.82, 2.24) is 14.8 Å². The number of carbonyl (C=O) groups is 1. The quantitative estimate of drug-likeness (QED) is 0.558. The highest BCUT2D eigenvalue weighted by molar-refractivity contribution is 6.08. The van der Waals surface area contributed by atoms with Crippen molar-refractivity contribution >= 4 is 23.0 Å². The maximum atomic E-state index is 12.6. The van der Waals surface area contributed by atoms with Crippen molar-refractivity contribution in [1.29, 1.82) is 0 Å². The Kier molecular flexibility index (Phi) is 4.61. The van der Waals surface area contributed by atoms with Crippen LogP contribution in [0.2, 0.25) is 0 Å². The molecule has 2 aromatic carbocycles. The topological polar surface area (TPSA) is 106 Å². The van der Waals surface area contributed by atoms with Gasteiger partial charge in [0.2, 0.25) is 0 Å². The van der Waals surface area contributed by atoms with Gasteiger partial charge in [0, 0.05) is 37.6 Å². The van der Waals surface area contributed by atoms with E-state index in [9.17, 15) is 14.9 Å². The van der Waals surface area contributed by atoms with E-state index in [-0.39, 0.29) is 11.3 Å². The molecule has 9 heteroatoms. The number of amides is 1. The molecule has 132 valence electrons. The molecule has 0 fully saturated rings. The maximum absolute atomic E-state index is 12.6. The smallest absolute Gasteiger partial charge is 0.270 e. The molecule has 26 heavy (non-hydrogen) atoms. The summed E-state index contributed by atoms with van der Waals surface area (Å²) in [6.45, 7) is 0. The number of benzene rings is 2. The normalized spacial score (nSPS) is 10.4. The Hall–Kier alpha value is -3.75. The molecule has 0 spiro atoms. The molecule has 1 heterocycles. The van der Waals surface area contributed by atoms with Crippen LogP contribution in [0.1, 0.15) is 10.4 Å². The Morgan fingerprint density at radius 3 is 2.50 bits per heavy atom. The molecule has 1 amide bonds. The van der Waals surface area contributed by atoms with Crippen molar-refractivity contribution in [2.75, 3.05) is 24.3 Å². The lowest BCUT2D eigenvalue weighted by Crippen LogP contribution is -2.18. The first kappa shape index (κ1) is 17.1. The van der Waals surface area contributed by atoms with Crippen molar-refractivity contribution in [3.63, 3.8) is 0 Å². The number of carbonyl (C=O) groups excluding carboxylic acids is 1. The molecular formula is C17H16N6O3. The minimum absolute atomic E-state index is 0.137. The molecular weight excluding hydrogens is 336 g/mol. The first-order valence-electron chi connectivity index (χ1n) is 7.68. The number of non-ortho nitro benzene ring substituents is 1. The highest BCUT2D eigenvalue weighted by Crippen LogP contribution is 2.25. The Morgan fingerprint density at radius 1 is 1.19 bits per heavy atom. The number of anilines is 2. The van der Waals surface area contributed by atoms with Crippen molar-refractivity contribution in [3.8, 4) is 5.69 Å². The summed E-state index contributed by atoms with van der Waals surface area (Å²) in [5.74, 6) is -0.425. The lowest BCUT2D eigenvalue weighted by atomic mass is 10.1. The average Bonchev–Trinajstić information content (AvgIpc) is 3.16.